The fraction of sp³-hybridized carbons (Fsp3) is 0.0870. The van der Waals surface area contributed by atoms with Crippen LogP contribution in [0.25, 0.3) is 11.0 Å². The molecular weight excluding hydrogens is 382 g/mol. The number of pyridine rings is 1. The molecule has 0 unspecified atom stereocenters. The molecule has 4 aromatic rings. The van der Waals surface area contributed by atoms with Gasteiger partial charge in [0, 0.05) is 17.6 Å². The number of ether oxygens (including phenoxy) is 2. The first-order chi connectivity index (χ1) is 14.8. The average molecular weight is 399 g/mol. The van der Waals surface area contributed by atoms with Crippen molar-refractivity contribution >= 4 is 28.4 Å². The quantitative estimate of drug-likeness (QED) is 0.561. The number of hydrogen-bond acceptors (Lipinski definition) is 6. The second kappa shape index (κ2) is 7.71. The summed E-state index contributed by atoms with van der Waals surface area (Å²) >= 11 is 0. The van der Waals surface area contributed by atoms with E-state index in [1.807, 2.05) is 24.3 Å². The Hall–Kier alpha value is -4.13. The van der Waals surface area contributed by atoms with Crippen LogP contribution in [0.15, 0.2) is 82.3 Å². The van der Waals surface area contributed by atoms with Gasteiger partial charge in [-0.3, -0.25) is 4.79 Å². The highest BCUT2D eigenvalue weighted by atomic mass is 16.6. The number of rotatable bonds is 3. The van der Waals surface area contributed by atoms with Gasteiger partial charge in [-0.1, -0.05) is 24.3 Å². The molecule has 1 amide bonds. The summed E-state index contributed by atoms with van der Waals surface area (Å²) < 4.78 is 17.2. The largest absolute Gasteiger partial charge is 0.486 e. The Morgan fingerprint density at radius 2 is 1.77 bits per heavy atom. The van der Waals surface area contributed by atoms with Crippen LogP contribution in [0.3, 0.4) is 0 Å². The molecule has 148 valence electrons. The van der Waals surface area contributed by atoms with Crippen molar-refractivity contribution in [2.75, 3.05) is 18.5 Å². The Balaban J connectivity index is 1.62. The summed E-state index contributed by atoms with van der Waals surface area (Å²) in [5, 5.41) is 3.58. The maximum Gasteiger partial charge on any atom is 0.262 e. The molecule has 7 heteroatoms. The van der Waals surface area contributed by atoms with Gasteiger partial charge in [-0.25, -0.2) is 9.98 Å². The zero-order valence-corrected chi connectivity index (χ0v) is 15.9. The maximum atomic E-state index is 13.0. The van der Waals surface area contributed by atoms with Crippen LogP contribution >= 0.6 is 0 Å². The molecule has 5 rings (SSSR count). The second-order valence-electron chi connectivity index (χ2n) is 6.61. The lowest BCUT2D eigenvalue weighted by molar-refractivity contribution is 0.102. The molecule has 0 fully saturated rings. The van der Waals surface area contributed by atoms with Crippen molar-refractivity contribution in [1.82, 2.24) is 4.98 Å². The van der Waals surface area contributed by atoms with Crippen molar-refractivity contribution in [3.63, 3.8) is 0 Å². The molecule has 7 nitrogen and oxygen atoms in total. The first-order valence-corrected chi connectivity index (χ1v) is 9.46. The Bertz CT molecular complexity index is 1300. The van der Waals surface area contributed by atoms with Crippen molar-refractivity contribution in [2.24, 2.45) is 4.99 Å². The average Bonchev–Trinajstić information content (AvgIpc) is 2.79. The van der Waals surface area contributed by atoms with Gasteiger partial charge in [0.1, 0.15) is 30.2 Å². The number of carbonyl (C=O) groups excluding carboxylic acids is 1. The molecule has 0 aliphatic carbocycles. The number of fused-ring (bicyclic) bond motifs is 2. The standard InChI is InChI=1S/C23H17N3O4/c27-22(26-21-7-3-4-10-24-21)17-13-15-5-1-2-6-18(15)30-23(17)25-16-8-9-19-20(14-16)29-12-11-28-19/h1-10,13-14H,11-12H2,(H,24,26,27). The zero-order chi connectivity index (χ0) is 20.3. The predicted octanol–water partition coefficient (Wildman–Crippen LogP) is 4.08. The fourth-order valence-electron chi connectivity index (χ4n) is 3.15. The molecule has 0 saturated carbocycles. The predicted molar refractivity (Wildman–Crippen MR) is 111 cm³/mol. The van der Waals surface area contributed by atoms with Gasteiger partial charge in [-0.2, -0.15) is 0 Å². The number of hydrogen-bond donors (Lipinski definition) is 1. The number of carbonyl (C=O) groups is 1. The molecule has 0 spiro atoms. The summed E-state index contributed by atoms with van der Waals surface area (Å²) in [4.78, 5) is 21.7. The van der Waals surface area contributed by atoms with E-state index >= 15 is 0 Å². The number of benzene rings is 2. The van der Waals surface area contributed by atoms with E-state index in [-0.39, 0.29) is 11.5 Å². The third kappa shape index (κ3) is 3.60. The van der Waals surface area contributed by atoms with Gasteiger partial charge >= 0.3 is 0 Å². The fourth-order valence-corrected chi connectivity index (χ4v) is 3.15. The SMILES string of the molecule is O=C(Nc1ccccn1)c1cc2ccccc2oc1=Nc1ccc2c(c1)OCCO2. The van der Waals surface area contributed by atoms with Crippen LogP contribution in [0.2, 0.25) is 0 Å². The molecule has 0 saturated heterocycles. The first kappa shape index (κ1) is 17.9. The van der Waals surface area contributed by atoms with Gasteiger partial charge in [0.25, 0.3) is 5.91 Å². The molecule has 1 aliphatic heterocycles. The minimum absolute atomic E-state index is 0.193. The molecular formula is C23H17N3O4. The number of aromatic nitrogens is 1. The summed E-state index contributed by atoms with van der Waals surface area (Å²) in [6.07, 6.45) is 1.61. The van der Waals surface area contributed by atoms with Crippen LogP contribution < -0.4 is 20.3 Å². The molecule has 0 bridgehead atoms. The van der Waals surface area contributed by atoms with Crippen LogP contribution in [0.1, 0.15) is 10.4 Å². The number of nitrogens with one attached hydrogen (secondary N) is 1. The van der Waals surface area contributed by atoms with Crippen LogP contribution in [0.4, 0.5) is 11.5 Å². The van der Waals surface area contributed by atoms with Crippen molar-refractivity contribution in [2.45, 2.75) is 0 Å². The van der Waals surface area contributed by atoms with E-state index in [1.54, 1.807) is 48.7 Å². The van der Waals surface area contributed by atoms with Gasteiger partial charge < -0.3 is 19.2 Å². The Morgan fingerprint density at radius 3 is 2.63 bits per heavy atom. The van der Waals surface area contributed by atoms with Crippen LogP contribution in [-0.2, 0) is 0 Å². The van der Waals surface area contributed by atoms with Crippen LogP contribution in [0.5, 0.6) is 11.5 Å². The topological polar surface area (TPSA) is 86.0 Å². The molecule has 30 heavy (non-hydrogen) atoms. The lowest BCUT2D eigenvalue weighted by Gasteiger charge is -2.18. The van der Waals surface area contributed by atoms with Gasteiger partial charge in [0.15, 0.2) is 11.5 Å². The first-order valence-electron chi connectivity index (χ1n) is 9.46. The summed E-state index contributed by atoms with van der Waals surface area (Å²) in [5.74, 6) is 1.37. The number of para-hydroxylation sites is 1. The van der Waals surface area contributed by atoms with Gasteiger partial charge in [-0.15, -0.1) is 0 Å². The van der Waals surface area contributed by atoms with Gasteiger partial charge in [0.2, 0.25) is 5.55 Å². The van der Waals surface area contributed by atoms with E-state index in [2.05, 4.69) is 15.3 Å². The lowest BCUT2D eigenvalue weighted by atomic mass is 10.1. The van der Waals surface area contributed by atoms with E-state index in [9.17, 15) is 4.79 Å². The molecule has 3 heterocycles. The monoisotopic (exact) mass is 399 g/mol. The molecule has 2 aromatic carbocycles. The Morgan fingerprint density at radius 1 is 0.933 bits per heavy atom. The number of amides is 1. The van der Waals surface area contributed by atoms with Crippen molar-refractivity contribution in [3.05, 3.63) is 84.0 Å². The molecule has 1 aliphatic rings. The summed E-state index contributed by atoms with van der Waals surface area (Å²) in [6.45, 7) is 0.996. The van der Waals surface area contributed by atoms with Gasteiger partial charge in [-0.05, 0) is 36.4 Å². The van der Waals surface area contributed by atoms with Crippen molar-refractivity contribution < 1.29 is 18.7 Å². The second-order valence-corrected chi connectivity index (χ2v) is 6.61. The minimum atomic E-state index is -0.362. The highest BCUT2D eigenvalue weighted by Gasteiger charge is 2.15. The lowest BCUT2D eigenvalue weighted by Crippen LogP contribution is -2.22. The maximum absolute atomic E-state index is 13.0. The Labute approximate surface area is 171 Å². The zero-order valence-electron chi connectivity index (χ0n) is 15.9. The highest BCUT2D eigenvalue weighted by Crippen LogP contribution is 2.33. The molecule has 2 aromatic heterocycles. The third-order valence-electron chi connectivity index (χ3n) is 4.56. The van der Waals surface area contributed by atoms with Gasteiger partial charge in [0.05, 0.1) is 5.69 Å². The minimum Gasteiger partial charge on any atom is -0.486 e. The summed E-state index contributed by atoms with van der Waals surface area (Å²) in [7, 11) is 0. The number of anilines is 1. The normalized spacial score (nSPS) is 13.3. The van der Waals surface area contributed by atoms with Crippen molar-refractivity contribution in [1.29, 1.82) is 0 Å². The molecule has 0 atom stereocenters. The van der Waals surface area contributed by atoms with E-state index in [0.717, 1.165) is 5.39 Å². The smallest absolute Gasteiger partial charge is 0.262 e. The highest BCUT2D eigenvalue weighted by molar-refractivity contribution is 6.04. The van der Waals surface area contributed by atoms with Crippen LogP contribution in [-0.4, -0.2) is 24.1 Å². The number of nitrogens with zero attached hydrogens (tertiary/aromatic N) is 2. The van der Waals surface area contributed by atoms with Crippen molar-refractivity contribution in [3.8, 4) is 11.5 Å². The van der Waals surface area contributed by atoms with Crippen LogP contribution in [0, 0.1) is 0 Å². The molecule has 1 N–H and O–H groups in total. The van der Waals surface area contributed by atoms with E-state index in [0.29, 0.717) is 47.4 Å². The Kier molecular flexibility index (Phi) is 4.61. The van der Waals surface area contributed by atoms with E-state index in [4.69, 9.17) is 13.9 Å². The third-order valence-corrected chi connectivity index (χ3v) is 4.56. The van der Waals surface area contributed by atoms with E-state index in [1.165, 1.54) is 0 Å². The summed E-state index contributed by atoms with van der Waals surface area (Å²) in [6, 6.07) is 19.9. The molecule has 0 radical (unpaired) electrons. The summed E-state index contributed by atoms with van der Waals surface area (Å²) in [5.41, 5.74) is 1.71. The van der Waals surface area contributed by atoms with E-state index < -0.39 is 0 Å².